The zero-order chi connectivity index (χ0) is 7.40. The summed E-state index contributed by atoms with van der Waals surface area (Å²) in [5.41, 5.74) is 0. The van der Waals surface area contributed by atoms with Gasteiger partial charge < -0.3 is 4.52 Å². The molecule has 0 aliphatic rings. The lowest BCUT2D eigenvalue weighted by Crippen LogP contribution is -1.80. The summed E-state index contributed by atoms with van der Waals surface area (Å²) in [5, 5.41) is 3.53. The molecule has 0 unspecified atom stereocenters. The topological polar surface area (TPSA) is 38.9 Å². The molecule has 0 bridgehead atoms. The molecular weight excluding hydrogens is 128 g/mol. The van der Waals surface area contributed by atoms with Crippen molar-refractivity contribution >= 4 is 0 Å². The van der Waals surface area contributed by atoms with E-state index in [0.717, 1.165) is 0 Å². The van der Waals surface area contributed by atoms with Gasteiger partial charge in [-0.25, -0.2) is 0 Å². The summed E-state index contributed by atoms with van der Waals surface area (Å²) in [5.74, 6) is 6.47. The minimum absolute atomic E-state index is 0.346. The van der Waals surface area contributed by atoms with Crippen LogP contribution in [0.5, 0.6) is 0 Å². The van der Waals surface area contributed by atoms with Gasteiger partial charge in [-0.2, -0.15) is 4.98 Å². The number of nitrogens with zero attached hydrogens (tertiary/aromatic N) is 2. The molecule has 0 fully saturated rings. The Bertz CT molecular complexity index is 240. The second-order valence-electron chi connectivity index (χ2n) is 2.18. The van der Waals surface area contributed by atoms with Gasteiger partial charge in [0.2, 0.25) is 12.2 Å². The Morgan fingerprint density at radius 2 is 2.40 bits per heavy atom. The lowest BCUT2D eigenvalue weighted by Gasteiger charge is -1.83. The van der Waals surface area contributed by atoms with E-state index in [9.17, 15) is 0 Å². The zero-order valence-electron chi connectivity index (χ0n) is 5.96. The zero-order valence-corrected chi connectivity index (χ0v) is 5.96. The highest BCUT2D eigenvalue weighted by molar-refractivity contribution is 5.18. The Kier molecular flexibility index (Phi) is 2.06. The summed E-state index contributed by atoms with van der Waals surface area (Å²) in [6.45, 7) is 4.01. The second-order valence-corrected chi connectivity index (χ2v) is 2.18. The van der Waals surface area contributed by atoms with E-state index in [0.29, 0.717) is 11.7 Å². The van der Waals surface area contributed by atoms with Crippen molar-refractivity contribution in [3.63, 3.8) is 0 Å². The van der Waals surface area contributed by atoms with Crippen LogP contribution >= 0.6 is 0 Å². The molecule has 0 spiro atoms. The minimum Gasteiger partial charge on any atom is -0.342 e. The van der Waals surface area contributed by atoms with Crippen molar-refractivity contribution in [3.05, 3.63) is 12.2 Å². The molecule has 0 amide bonds. The fourth-order valence-corrected chi connectivity index (χ4v) is 0.435. The molecule has 3 nitrogen and oxygen atoms in total. The molecule has 10 heavy (non-hydrogen) atoms. The molecule has 1 aromatic rings. The maximum Gasteiger partial charge on any atom is 0.246 e. The third-order valence-electron chi connectivity index (χ3n) is 0.834. The predicted molar refractivity (Wildman–Crippen MR) is 36.0 cm³/mol. The van der Waals surface area contributed by atoms with E-state index in [-0.39, 0.29) is 0 Å². The van der Waals surface area contributed by atoms with Crippen molar-refractivity contribution in [1.82, 2.24) is 10.1 Å². The second kappa shape index (κ2) is 3.02. The SMILES string of the molecule is CC(C)C#Cc1ncon1. The smallest absolute Gasteiger partial charge is 0.246 e. The van der Waals surface area contributed by atoms with Gasteiger partial charge in [0.1, 0.15) is 0 Å². The number of rotatable bonds is 0. The number of aromatic nitrogens is 2. The number of hydrogen-bond donors (Lipinski definition) is 0. The molecule has 1 rings (SSSR count). The van der Waals surface area contributed by atoms with Crippen LogP contribution in [0.3, 0.4) is 0 Å². The summed E-state index contributed by atoms with van der Waals surface area (Å²) in [7, 11) is 0. The van der Waals surface area contributed by atoms with Crippen LogP contribution in [-0.4, -0.2) is 10.1 Å². The molecule has 0 radical (unpaired) electrons. The fourth-order valence-electron chi connectivity index (χ4n) is 0.435. The first-order valence-electron chi connectivity index (χ1n) is 3.07. The molecule has 0 saturated carbocycles. The molecule has 3 heteroatoms. The van der Waals surface area contributed by atoms with Crippen molar-refractivity contribution in [2.45, 2.75) is 13.8 Å². The van der Waals surface area contributed by atoms with E-state index in [1.807, 2.05) is 13.8 Å². The third kappa shape index (κ3) is 1.90. The Morgan fingerprint density at radius 3 is 2.90 bits per heavy atom. The predicted octanol–water partition coefficient (Wildman–Crippen LogP) is 1.08. The summed E-state index contributed by atoms with van der Waals surface area (Å²) < 4.78 is 4.48. The first-order chi connectivity index (χ1) is 4.79. The monoisotopic (exact) mass is 136 g/mol. The van der Waals surface area contributed by atoms with Crippen molar-refractivity contribution in [1.29, 1.82) is 0 Å². The molecule has 0 N–H and O–H groups in total. The van der Waals surface area contributed by atoms with E-state index in [1.165, 1.54) is 6.39 Å². The molecule has 0 aliphatic heterocycles. The van der Waals surface area contributed by atoms with Crippen LogP contribution in [0.15, 0.2) is 10.9 Å². The van der Waals surface area contributed by atoms with Crippen LogP contribution in [0.4, 0.5) is 0 Å². The highest BCUT2D eigenvalue weighted by Gasteiger charge is 1.89. The van der Waals surface area contributed by atoms with Crippen LogP contribution < -0.4 is 0 Å². The number of hydrogen-bond acceptors (Lipinski definition) is 3. The Morgan fingerprint density at radius 1 is 1.60 bits per heavy atom. The van der Waals surface area contributed by atoms with E-state index >= 15 is 0 Å². The van der Waals surface area contributed by atoms with Crippen LogP contribution in [0, 0.1) is 17.8 Å². The van der Waals surface area contributed by atoms with Gasteiger partial charge in [0, 0.05) is 5.92 Å². The molecule has 0 atom stereocenters. The van der Waals surface area contributed by atoms with E-state index in [4.69, 9.17) is 0 Å². The molecule has 1 heterocycles. The van der Waals surface area contributed by atoms with Crippen molar-refractivity contribution in [2.75, 3.05) is 0 Å². The van der Waals surface area contributed by atoms with Gasteiger partial charge >= 0.3 is 0 Å². The molecule has 0 saturated heterocycles. The summed E-state index contributed by atoms with van der Waals surface area (Å²) >= 11 is 0. The molecule has 1 aromatic heterocycles. The van der Waals surface area contributed by atoms with Gasteiger partial charge in [0.25, 0.3) is 0 Å². The largest absolute Gasteiger partial charge is 0.342 e. The molecular formula is C7H8N2O. The van der Waals surface area contributed by atoms with Gasteiger partial charge in [0.05, 0.1) is 0 Å². The first kappa shape index (κ1) is 6.81. The van der Waals surface area contributed by atoms with Crippen molar-refractivity contribution in [2.24, 2.45) is 5.92 Å². The van der Waals surface area contributed by atoms with Crippen molar-refractivity contribution < 1.29 is 4.52 Å². The lowest BCUT2D eigenvalue weighted by molar-refractivity contribution is 0.415. The maximum absolute atomic E-state index is 4.48. The quantitative estimate of drug-likeness (QED) is 0.501. The van der Waals surface area contributed by atoms with Crippen LogP contribution in [0.1, 0.15) is 19.7 Å². The van der Waals surface area contributed by atoms with Gasteiger partial charge in [-0.05, 0) is 11.1 Å². The average Bonchev–Trinajstić information content (AvgIpc) is 2.34. The molecule has 52 valence electrons. The van der Waals surface area contributed by atoms with E-state index in [1.54, 1.807) is 0 Å². The van der Waals surface area contributed by atoms with Crippen molar-refractivity contribution in [3.8, 4) is 11.8 Å². The third-order valence-corrected chi connectivity index (χ3v) is 0.834. The minimum atomic E-state index is 0.346. The Labute approximate surface area is 59.4 Å². The normalized spacial score (nSPS) is 9.10. The van der Waals surface area contributed by atoms with Gasteiger partial charge in [-0.15, -0.1) is 0 Å². The van der Waals surface area contributed by atoms with Crippen LogP contribution in [0.25, 0.3) is 0 Å². The fraction of sp³-hybridized carbons (Fsp3) is 0.429. The van der Waals surface area contributed by atoms with Crippen LogP contribution in [-0.2, 0) is 0 Å². The van der Waals surface area contributed by atoms with Gasteiger partial charge in [0.15, 0.2) is 0 Å². The summed E-state index contributed by atoms with van der Waals surface area (Å²) in [6, 6.07) is 0. The lowest BCUT2D eigenvalue weighted by atomic mass is 10.2. The summed E-state index contributed by atoms with van der Waals surface area (Å²) in [4.78, 5) is 3.74. The highest BCUT2D eigenvalue weighted by Crippen LogP contribution is 1.88. The van der Waals surface area contributed by atoms with Gasteiger partial charge in [-0.3, -0.25) is 0 Å². The average molecular weight is 136 g/mol. The van der Waals surface area contributed by atoms with Gasteiger partial charge in [-0.1, -0.05) is 19.8 Å². The van der Waals surface area contributed by atoms with Crippen LogP contribution in [0.2, 0.25) is 0 Å². The Hall–Kier alpha value is -1.30. The maximum atomic E-state index is 4.48. The molecule has 0 aromatic carbocycles. The highest BCUT2D eigenvalue weighted by atomic mass is 16.5. The van der Waals surface area contributed by atoms with E-state index < -0.39 is 0 Å². The Balaban J connectivity index is 2.66. The first-order valence-corrected chi connectivity index (χ1v) is 3.07. The summed E-state index contributed by atoms with van der Waals surface area (Å²) in [6.07, 6.45) is 1.27. The van der Waals surface area contributed by atoms with E-state index in [2.05, 4.69) is 26.5 Å². The standard InChI is InChI=1S/C7H8N2O/c1-6(2)3-4-7-8-5-10-9-7/h5-6H,1-2H3. The molecule has 0 aliphatic carbocycles.